The number of likely N-dealkylation sites (tertiary alicyclic amines) is 1. The van der Waals surface area contributed by atoms with Gasteiger partial charge in [-0.05, 0) is 65.5 Å². The molecular formula is C16H32N2. The Morgan fingerprint density at radius 2 is 1.50 bits per heavy atom. The molecule has 1 aliphatic carbocycles. The van der Waals surface area contributed by atoms with Crippen LogP contribution in [0.3, 0.4) is 0 Å². The number of nitrogens with one attached hydrogen (secondary N) is 1. The van der Waals surface area contributed by atoms with Crippen LogP contribution in [0.5, 0.6) is 0 Å². The number of hydrogen-bond donors (Lipinski definition) is 1. The lowest BCUT2D eigenvalue weighted by Gasteiger charge is -2.38. The van der Waals surface area contributed by atoms with Crippen molar-refractivity contribution < 1.29 is 0 Å². The second kappa shape index (κ2) is 6.91. The maximum Gasteiger partial charge on any atom is 0.00940 e. The minimum Gasteiger partial charge on any atom is -0.311 e. The first-order valence-corrected chi connectivity index (χ1v) is 8.17. The fourth-order valence-corrected chi connectivity index (χ4v) is 3.72. The summed E-state index contributed by atoms with van der Waals surface area (Å²) in [7, 11) is 0. The van der Waals surface area contributed by atoms with E-state index in [0.29, 0.717) is 0 Å². The van der Waals surface area contributed by atoms with Gasteiger partial charge < -0.3 is 10.2 Å². The molecule has 0 amide bonds. The smallest absolute Gasteiger partial charge is 0.00940 e. The molecule has 1 N–H and O–H groups in total. The topological polar surface area (TPSA) is 15.3 Å². The summed E-state index contributed by atoms with van der Waals surface area (Å²) < 4.78 is 0. The van der Waals surface area contributed by atoms with Gasteiger partial charge in [-0.15, -0.1) is 0 Å². The van der Waals surface area contributed by atoms with E-state index in [0.717, 1.165) is 24.0 Å². The molecule has 0 radical (unpaired) electrons. The van der Waals surface area contributed by atoms with Crippen molar-refractivity contribution in [3.05, 3.63) is 0 Å². The van der Waals surface area contributed by atoms with Gasteiger partial charge in [-0.1, -0.05) is 19.3 Å². The van der Waals surface area contributed by atoms with Crippen LogP contribution in [0, 0.1) is 5.92 Å². The second-order valence-electron chi connectivity index (χ2n) is 6.76. The molecule has 0 aromatic heterocycles. The molecule has 106 valence electrons. The van der Waals surface area contributed by atoms with Crippen molar-refractivity contribution in [2.75, 3.05) is 13.1 Å². The predicted octanol–water partition coefficient (Wildman–Crippen LogP) is 3.42. The zero-order valence-electron chi connectivity index (χ0n) is 12.6. The molecule has 2 fully saturated rings. The van der Waals surface area contributed by atoms with Crippen LogP contribution >= 0.6 is 0 Å². The predicted molar refractivity (Wildman–Crippen MR) is 78.9 cm³/mol. The average Bonchev–Trinajstić information content (AvgIpc) is 2.40. The van der Waals surface area contributed by atoms with Gasteiger partial charge in [-0.3, -0.25) is 0 Å². The van der Waals surface area contributed by atoms with Crippen molar-refractivity contribution in [1.82, 2.24) is 10.2 Å². The summed E-state index contributed by atoms with van der Waals surface area (Å²) in [6.45, 7) is 9.63. The fourth-order valence-electron chi connectivity index (χ4n) is 3.72. The van der Waals surface area contributed by atoms with Crippen molar-refractivity contribution in [3.8, 4) is 0 Å². The summed E-state index contributed by atoms with van der Waals surface area (Å²) in [5.74, 6) is 0.946. The van der Waals surface area contributed by atoms with Crippen molar-refractivity contribution in [2.24, 2.45) is 5.92 Å². The summed E-state index contributed by atoms with van der Waals surface area (Å²) in [6, 6.07) is 2.24. The van der Waals surface area contributed by atoms with Crippen LogP contribution in [0.1, 0.15) is 65.7 Å². The van der Waals surface area contributed by atoms with Crippen molar-refractivity contribution in [2.45, 2.75) is 83.8 Å². The Labute approximate surface area is 114 Å². The maximum atomic E-state index is 3.92. The molecule has 1 aliphatic heterocycles. The number of nitrogens with zero attached hydrogens (tertiary/aromatic N) is 1. The van der Waals surface area contributed by atoms with Crippen LogP contribution in [0.4, 0.5) is 0 Å². The molecule has 2 nitrogen and oxygen atoms in total. The van der Waals surface area contributed by atoms with E-state index in [1.54, 1.807) is 0 Å². The molecular weight excluding hydrogens is 220 g/mol. The van der Waals surface area contributed by atoms with E-state index in [4.69, 9.17) is 0 Å². The Hall–Kier alpha value is -0.0800. The minimum atomic E-state index is 0.724. The third-order valence-electron chi connectivity index (χ3n) is 5.12. The SMILES string of the molecule is CC(C)N1CCC(N[C@@H](C)C2CCCCC2)CC1. The van der Waals surface area contributed by atoms with Gasteiger partial charge in [0.2, 0.25) is 0 Å². The lowest BCUT2D eigenvalue weighted by Crippen LogP contribution is -2.49. The van der Waals surface area contributed by atoms with E-state index >= 15 is 0 Å². The highest BCUT2D eigenvalue weighted by Crippen LogP contribution is 2.27. The van der Waals surface area contributed by atoms with Crippen molar-refractivity contribution in [3.63, 3.8) is 0 Å². The van der Waals surface area contributed by atoms with Gasteiger partial charge in [0, 0.05) is 18.1 Å². The van der Waals surface area contributed by atoms with Gasteiger partial charge in [0.15, 0.2) is 0 Å². The molecule has 1 atom stereocenters. The van der Waals surface area contributed by atoms with E-state index in [2.05, 4.69) is 31.0 Å². The van der Waals surface area contributed by atoms with E-state index in [1.165, 1.54) is 58.0 Å². The molecule has 2 heteroatoms. The lowest BCUT2D eigenvalue weighted by molar-refractivity contribution is 0.148. The monoisotopic (exact) mass is 252 g/mol. The highest BCUT2D eigenvalue weighted by Gasteiger charge is 2.25. The number of hydrogen-bond acceptors (Lipinski definition) is 2. The quantitative estimate of drug-likeness (QED) is 0.825. The lowest BCUT2D eigenvalue weighted by atomic mass is 9.84. The Morgan fingerprint density at radius 1 is 0.889 bits per heavy atom. The van der Waals surface area contributed by atoms with Crippen LogP contribution < -0.4 is 5.32 Å². The maximum absolute atomic E-state index is 3.92. The van der Waals surface area contributed by atoms with Crippen molar-refractivity contribution in [1.29, 1.82) is 0 Å². The number of piperidine rings is 1. The highest BCUT2D eigenvalue weighted by atomic mass is 15.2. The van der Waals surface area contributed by atoms with Crippen LogP contribution in [0.25, 0.3) is 0 Å². The molecule has 0 spiro atoms. The minimum absolute atomic E-state index is 0.724. The first kappa shape index (κ1) is 14.3. The van der Waals surface area contributed by atoms with E-state index < -0.39 is 0 Å². The van der Waals surface area contributed by atoms with Crippen LogP contribution in [-0.4, -0.2) is 36.1 Å². The molecule has 0 unspecified atom stereocenters. The van der Waals surface area contributed by atoms with Crippen LogP contribution in [0.15, 0.2) is 0 Å². The summed E-state index contributed by atoms with van der Waals surface area (Å²) in [4.78, 5) is 2.61. The summed E-state index contributed by atoms with van der Waals surface area (Å²) in [5.41, 5.74) is 0. The molecule has 2 aliphatic rings. The van der Waals surface area contributed by atoms with E-state index in [9.17, 15) is 0 Å². The molecule has 18 heavy (non-hydrogen) atoms. The second-order valence-corrected chi connectivity index (χ2v) is 6.76. The van der Waals surface area contributed by atoms with E-state index in [-0.39, 0.29) is 0 Å². The largest absolute Gasteiger partial charge is 0.311 e. The van der Waals surface area contributed by atoms with Crippen molar-refractivity contribution >= 4 is 0 Å². The third kappa shape index (κ3) is 3.96. The molecule has 1 heterocycles. The first-order chi connectivity index (χ1) is 8.66. The molecule has 1 saturated heterocycles. The fraction of sp³-hybridized carbons (Fsp3) is 1.00. The van der Waals surface area contributed by atoms with Crippen LogP contribution in [-0.2, 0) is 0 Å². The molecule has 0 aromatic carbocycles. The van der Waals surface area contributed by atoms with Gasteiger partial charge in [-0.25, -0.2) is 0 Å². The van der Waals surface area contributed by atoms with Gasteiger partial charge >= 0.3 is 0 Å². The van der Waals surface area contributed by atoms with Gasteiger partial charge in [0.25, 0.3) is 0 Å². The zero-order valence-corrected chi connectivity index (χ0v) is 12.6. The number of rotatable bonds is 4. The first-order valence-electron chi connectivity index (χ1n) is 8.17. The molecule has 0 bridgehead atoms. The molecule has 0 aromatic rings. The summed E-state index contributed by atoms with van der Waals surface area (Å²) in [5, 5.41) is 3.92. The average molecular weight is 252 g/mol. The zero-order chi connectivity index (χ0) is 13.0. The standard InChI is InChI=1S/C16H32N2/c1-13(2)18-11-9-16(10-12-18)17-14(3)15-7-5-4-6-8-15/h13-17H,4-12H2,1-3H3/t14-/m0/s1. The van der Waals surface area contributed by atoms with Crippen LogP contribution in [0.2, 0.25) is 0 Å². The Balaban J connectivity index is 1.70. The van der Waals surface area contributed by atoms with Gasteiger partial charge in [-0.2, -0.15) is 0 Å². The Bertz CT molecular complexity index is 225. The normalized spacial score (nSPS) is 26.7. The Kier molecular flexibility index (Phi) is 5.50. The Morgan fingerprint density at radius 3 is 2.06 bits per heavy atom. The molecule has 2 rings (SSSR count). The summed E-state index contributed by atoms with van der Waals surface area (Å²) >= 11 is 0. The third-order valence-corrected chi connectivity index (χ3v) is 5.12. The summed E-state index contributed by atoms with van der Waals surface area (Å²) in [6.07, 6.45) is 9.99. The van der Waals surface area contributed by atoms with Gasteiger partial charge in [0.05, 0.1) is 0 Å². The molecule has 1 saturated carbocycles. The van der Waals surface area contributed by atoms with Gasteiger partial charge in [0.1, 0.15) is 0 Å². The van der Waals surface area contributed by atoms with E-state index in [1.807, 2.05) is 0 Å². The highest BCUT2D eigenvalue weighted by molar-refractivity contribution is 4.83.